The lowest BCUT2D eigenvalue weighted by molar-refractivity contribution is 0.0400. The van der Waals surface area contributed by atoms with E-state index in [2.05, 4.69) is 20.6 Å². The third kappa shape index (κ3) is 6.01. The van der Waals surface area contributed by atoms with Crippen molar-refractivity contribution in [3.8, 4) is 6.07 Å². The summed E-state index contributed by atoms with van der Waals surface area (Å²) in [4.78, 5) is 51.3. The van der Waals surface area contributed by atoms with Crippen LogP contribution in [-0.4, -0.2) is 62.8 Å². The Kier molecular flexibility index (Phi) is 8.07. The van der Waals surface area contributed by atoms with Gasteiger partial charge in [0.15, 0.2) is 17.5 Å². The summed E-state index contributed by atoms with van der Waals surface area (Å²) in [6.07, 6.45) is 2.87. The molecule has 0 saturated carbocycles. The van der Waals surface area contributed by atoms with E-state index < -0.39 is 35.8 Å². The molecule has 12 heteroatoms. The number of hydrogen-bond donors (Lipinski definition) is 2. The number of rotatable bonds is 7. The van der Waals surface area contributed by atoms with Gasteiger partial charge in [-0.3, -0.25) is 19.5 Å². The highest BCUT2D eigenvalue weighted by atomic mass is 19.1. The van der Waals surface area contributed by atoms with E-state index in [1.165, 1.54) is 4.90 Å². The first-order valence-corrected chi connectivity index (χ1v) is 14.3. The quantitative estimate of drug-likeness (QED) is 0.278. The van der Waals surface area contributed by atoms with Gasteiger partial charge in [0.25, 0.3) is 11.8 Å². The van der Waals surface area contributed by atoms with Crippen molar-refractivity contribution >= 4 is 35.2 Å². The lowest BCUT2D eigenvalue weighted by atomic mass is 9.97. The molecule has 2 N–H and O–H groups in total. The van der Waals surface area contributed by atoms with Crippen LogP contribution in [0.4, 0.5) is 26.5 Å². The van der Waals surface area contributed by atoms with Crippen molar-refractivity contribution in [2.45, 2.75) is 32.0 Å². The van der Waals surface area contributed by atoms with Crippen molar-refractivity contribution in [3.05, 3.63) is 113 Å². The zero-order valence-electron chi connectivity index (χ0n) is 24.2. The van der Waals surface area contributed by atoms with Gasteiger partial charge in [-0.15, -0.1) is 0 Å². The fourth-order valence-electron chi connectivity index (χ4n) is 5.55. The number of nitrogens with one attached hydrogen (secondary N) is 2. The Balaban J connectivity index is 1.28. The number of halogens is 1. The highest BCUT2D eigenvalue weighted by Gasteiger charge is 2.46. The highest BCUT2D eigenvalue weighted by Crippen LogP contribution is 2.31. The Morgan fingerprint density at radius 1 is 1.04 bits per heavy atom. The Hall–Kier alpha value is -5.83. The number of pyridine rings is 2. The SMILES string of the molecule is Cc1cncc(Nc2nc(N[C@@H]3CCN(C(=O)OCc4ccccc4)C[C@@H]3N3C(=O)c4ccccc4C3=O)c(F)cc2C#N)c1. The van der Waals surface area contributed by atoms with Crippen LogP contribution in [0.2, 0.25) is 0 Å². The van der Waals surface area contributed by atoms with Gasteiger partial charge in [0.1, 0.15) is 12.7 Å². The van der Waals surface area contributed by atoms with E-state index in [-0.39, 0.29) is 54.4 Å². The van der Waals surface area contributed by atoms with Crippen LogP contribution in [0.25, 0.3) is 0 Å². The zero-order valence-corrected chi connectivity index (χ0v) is 24.2. The summed E-state index contributed by atoms with van der Waals surface area (Å²) >= 11 is 0. The summed E-state index contributed by atoms with van der Waals surface area (Å²) in [5.41, 5.74) is 2.73. The Bertz CT molecular complexity index is 1790. The number of carbonyl (C=O) groups is 3. The molecular weight excluding hydrogens is 577 g/mol. The van der Waals surface area contributed by atoms with Gasteiger partial charge in [-0.05, 0) is 48.7 Å². The van der Waals surface area contributed by atoms with Crippen molar-refractivity contribution in [2.24, 2.45) is 0 Å². The first-order chi connectivity index (χ1) is 21.8. The zero-order chi connectivity index (χ0) is 31.5. The van der Waals surface area contributed by atoms with Crippen LogP contribution in [0.3, 0.4) is 0 Å². The molecule has 0 radical (unpaired) electrons. The molecule has 0 aliphatic carbocycles. The number of hydrogen-bond acceptors (Lipinski definition) is 9. The maximum atomic E-state index is 15.4. The molecule has 1 saturated heterocycles. The molecule has 0 unspecified atom stereocenters. The smallest absolute Gasteiger partial charge is 0.410 e. The summed E-state index contributed by atoms with van der Waals surface area (Å²) < 4.78 is 20.9. The number of aryl methyl sites for hydroxylation is 1. The third-order valence-corrected chi connectivity index (χ3v) is 7.76. The van der Waals surface area contributed by atoms with Gasteiger partial charge in [-0.25, -0.2) is 14.2 Å². The number of amides is 3. The second kappa shape index (κ2) is 12.4. The fourth-order valence-corrected chi connectivity index (χ4v) is 5.55. The number of imide groups is 1. The van der Waals surface area contributed by atoms with Crippen molar-refractivity contribution in [3.63, 3.8) is 0 Å². The lowest BCUT2D eigenvalue weighted by Crippen LogP contribution is -2.60. The molecule has 4 aromatic rings. The van der Waals surface area contributed by atoms with Crippen LogP contribution in [0.15, 0.2) is 79.1 Å². The van der Waals surface area contributed by atoms with Crippen LogP contribution in [-0.2, 0) is 11.3 Å². The third-order valence-electron chi connectivity index (χ3n) is 7.76. The molecule has 2 aliphatic rings. The minimum Gasteiger partial charge on any atom is -0.445 e. The molecule has 2 aliphatic heterocycles. The number of fused-ring (bicyclic) bond motifs is 1. The maximum Gasteiger partial charge on any atom is 0.410 e. The second-order valence-corrected chi connectivity index (χ2v) is 10.8. The topological polar surface area (TPSA) is 141 Å². The van der Waals surface area contributed by atoms with E-state index in [9.17, 15) is 19.6 Å². The molecule has 0 spiro atoms. The van der Waals surface area contributed by atoms with Crippen molar-refractivity contribution in [1.29, 1.82) is 5.26 Å². The van der Waals surface area contributed by atoms with Gasteiger partial charge in [0.05, 0.1) is 40.7 Å². The lowest BCUT2D eigenvalue weighted by Gasteiger charge is -2.41. The minimum atomic E-state index is -0.885. The van der Waals surface area contributed by atoms with Gasteiger partial charge in [-0.2, -0.15) is 5.26 Å². The number of likely N-dealkylation sites (tertiary alicyclic amines) is 1. The predicted octanol–water partition coefficient (Wildman–Crippen LogP) is 5.03. The molecule has 0 bridgehead atoms. The number of anilines is 3. The van der Waals surface area contributed by atoms with Crippen molar-refractivity contribution < 1.29 is 23.5 Å². The van der Waals surface area contributed by atoms with Crippen molar-refractivity contribution in [2.75, 3.05) is 23.7 Å². The first-order valence-electron chi connectivity index (χ1n) is 14.3. The van der Waals surface area contributed by atoms with Crippen LogP contribution in [0.1, 0.15) is 43.8 Å². The summed E-state index contributed by atoms with van der Waals surface area (Å²) in [5.74, 6) is -1.87. The summed E-state index contributed by atoms with van der Waals surface area (Å²) in [5, 5.41) is 15.7. The molecule has 45 heavy (non-hydrogen) atoms. The predicted molar refractivity (Wildman–Crippen MR) is 162 cm³/mol. The number of carbonyl (C=O) groups excluding carboxylic acids is 3. The average molecular weight is 606 g/mol. The second-order valence-electron chi connectivity index (χ2n) is 10.8. The molecule has 6 rings (SSSR count). The molecule has 2 aromatic carbocycles. The van der Waals surface area contributed by atoms with E-state index >= 15 is 4.39 Å². The van der Waals surface area contributed by atoms with E-state index in [1.54, 1.807) is 42.7 Å². The fraction of sp³-hybridized carbons (Fsp3) is 0.212. The molecule has 3 amide bonds. The molecule has 226 valence electrons. The summed E-state index contributed by atoms with van der Waals surface area (Å²) in [7, 11) is 0. The molecule has 2 atom stereocenters. The maximum absolute atomic E-state index is 15.4. The monoisotopic (exact) mass is 605 g/mol. The van der Waals surface area contributed by atoms with E-state index in [0.717, 1.165) is 22.1 Å². The molecular formula is C33H28FN7O4. The Morgan fingerprint density at radius 3 is 2.44 bits per heavy atom. The number of benzene rings is 2. The van der Waals surface area contributed by atoms with E-state index in [4.69, 9.17) is 4.74 Å². The number of ether oxygens (including phenoxy) is 1. The molecule has 1 fully saturated rings. The molecule has 4 heterocycles. The normalized spacial score (nSPS) is 17.4. The van der Waals surface area contributed by atoms with E-state index in [1.807, 2.05) is 43.3 Å². The molecule has 2 aromatic heterocycles. The Labute approximate surface area is 258 Å². The summed E-state index contributed by atoms with van der Waals surface area (Å²) in [6.45, 7) is 2.08. The van der Waals surface area contributed by atoms with Crippen LogP contribution < -0.4 is 10.6 Å². The number of piperidine rings is 1. The Morgan fingerprint density at radius 2 is 1.76 bits per heavy atom. The highest BCUT2D eigenvalue weighted by molar-refractivity contribution is 6.21. The largest absolute Gasteiger partial charge is 0.445 e. The average Bonchev–Trinajstić information content (AvgIpc) is 3.31. The minimum absolute atomic E-state index is 0.0209. The number of nitriles is 1. The van der Waals surface area contributed by atoms with Gasteiger partial charge in [0.2, 0.25) is 0 Å². The standard InChI is InChI=1S/C33H28FN7O4/c1-20-13-23(17-36-16-20)37-29-22(15-35)14-26(34)30(39-29)38-27-11-12-40(33(44)45-19-21-7-3-2-4-8-21)18-28(27)41-31(42)24-9-5-6-10-25(24)32(41)43/h2-10,13-14,16-17,27-28H,11-12,18-19H2,1H3,(H2,37,38,39)/t27-,28+/m1/s1. The number of nitrogens with zero attached hydrogens (tertiary/aromatic N) is 5. The van der Waals surface area contributed by atoms with E-state index in [0.29, 0.717) is 5.69 Å². The summed E-state index contributed by atoms with van der Waals surface area (Å²) in [6, 6.07) is 19.0. The van der Waals surface area contributed by atoms with Gasteiger partial charge < -0.3 is 20.3 Å². The van der Waals surface area contributed by atoms with Crippen molar-refractivity contribution in [1.82, 2.24) is 19.8 Å². The van der Waals surface area contributed by atoms with Crippen LogP contribution in [0, 0.1) is 24.1 Å². The first kappa shape index (κ1) is 29.3. The number of aromatic nitrogens is 2. The van der Waals surface area contributed by atoms with Gasteiger partial charge in [0, 0.05) is 19.3 Å². The van der Waals surface area contributed by atoms with Gasteiger partial charge in [-0.1, -0.05) is 42.5 Å². The van der Waals surface area contributed by atoms with Gasteiger partial charge >= 0.3 is 6.09 Å². The van der Waals surface area contributed by atoms with Crippen LogP contribution >= 0.6 is 0 Å². The molecule has 11 nitrogen and oxygen atoms in total. The van der Waals surface area contributed by atoms with Crippen LogP contribution in [0.5, 0.6) is 0 Å².